The highest BCUT2D eigenvalue weighted by molar-refractivity contribution is 5.70. The van der Waals surface area contributed by atoms with Crippen molar-refractivity contribution in [2.24, 2.45) is 0 Å². The topological polar surface area (TPSA) is 105 Å². The highest BCUT2D eigenvalue weighted by atomic mass is 16.6. The fraction of sp³-hybridized carbons (Fsp3) is 0.615. The van der Waals surface area contributed by atoms with Gasteiger partial charge in [-0.25, -0.2) is 19.8 Å². The Kier molecular flexibility index (Phi) is 4.46. The lowest BCUT2D eigenvalue weighted by molar-refractivity contribution is 0.0232. The summed E-state index contributed by atoms with van der Waals surface area (Å²) < 4.78 is 5.42. The number of anilines is 2. The monoisotopic (exact) mass is 294 g/mol. The summed E-state index contributed by atoms with van der Waals surface area (Å²) in [6, 6.07) is -0.0130. The van der Waals surface area contributed by atoms with E-state index in [2.05, 4.69) is 20.7 Å². The molecule has 0 radical (unpaired) electrons. The Morgan fingerprint density at radius 1 is 1.48 bits per heavy atom. The Hall–Kier alpha value is -2.09. The maximum absolute atomic E-state index is 12.4. The van der Waals surface area contributed by atoms with Crippen LogP contribution in [0.15, 0.2) is 12.4 Å². The van der Waals surface area contributed by atoms with E-state index in [-0.39, 0.29) is 6.04 Å². The second-order valence-electron chi connectivity index (χ2n) is 5.95. The predicted molar refractivity (Wildman–Crippen MR) is 79.4 cm³/mol. The van der Waals surface area contributed by atoms with Crippen molar-refractivity contribution in [3.05, 3.63) is 12.4 Å². The maximum Gasteiger partial charge on any atom is 0.429 e. The number of nitrogens with zero attached hydrogens (tertiary/aromatic N) is 3. The number of ether oxygens (including phenoxy) is 1. The summed E-state index contributed by atoms with van der Waals surface area (Å²) in [4.78, 5) is 20.5. The molecule has 0 bridgehead atoms. The van der Waals surface area contributed by atoms with Gasteiger partial charge in [0, 0.05) is 6.54 Å². The average molecular weight is 294 g/mol. The normalized spacial score (nSPS) is 18.3. The number of hydrazine groups is 1. The fourth-order valence-electron chi connectivity index (χ4n) is 1.96. The van der Waals surface area contributed by atoms with Gasteiger partial charge in [0.15, 0.2) is 0 Å². The Balaban J connectivity index is 2.11. The molecule has 1 aromatic heterocycles. The minimum atomic E-state index is -0.564. The first-order valence-electron chi connectivity index (χ1n) is 6.92. The number of carbonyl (C=O) groups is 1. The van der Waals surface area contributed by atoms with Gasteiger partial charge in [0.25, 0.3) is 0 Å². The van der Waals surface area contributed by atoms with Crippen molar-refractivity contribution >= 4 is 17.7 Å². The molecule has 1 atom stereocenters. The van der Waals surface area contributed by atoms with E-state index in [4.69, 9.17) is 10.5 Å². The summed E-state index contributed by atoms with van der Waals surface area (Å²) in [5, 5.41) is 4.66. The van der Waals surface area contributed by atoms with Crippen LogP contribution in [0.25, 0.3) is 0 Å². The Bertz CT molecular complexity index is 478. The number of aromatic nitrogens is 2. The van der Waals surface area contributed by atoms with Gasteiger partial charge < -0.3 is 15.8 Å². The first kappa shape index (κ1) is 15.3. The second kappa shape index (κ2) is 6.13. The zero-order valence-corrected chi connectivity index (χ0v) is 12.6. The molecule has 2 heterocycles. The highest BCUT2D eigenvalue weighted by Crippen LogP contribution is 2.16. The molecule has 1 aliphatic heterocycles. The van der Waals surface area contributed by atoms with Crippen molar-refractivity contribution in [3.8, 4) is 0 Å². The van der Waals surface area contributed by atoms with E-state index in [1.54, 1.807) is 0 Å². The van der Waals surface area contributed by atoms with E-state index in [9.17, 15) is 4.79 Å². The van der Waals surface area contributed by atoms with Crippen molar-refractivity contribution < 1.29 is 9.53 Å². The van der Waals surface area contributed by atoms with Crippen molar-refractivity contribution in [2.45, 2.75) is 38.8 Å². The Labute approximate surface area is 124 Å². The molecule has 0 aromatic carbocycles. The van der Waals surface area contributed by atoms with Crippen LogP contribution < -0.4 is 16.5 Å². The largest absolute Gasteiger partial charge is 0.442 e. The lowest BCUT2D eigenvalue weighted by Crippen LogP contribution is -2.48. The molecule has 0 aliphatic carbocycles. The molecule has 1 unspecified atom stereocenters. The first-order valence-corrected chi connectivity index (χ1v) is 6.92. The van der Waals surface area contributed by atoms with Crippen molar-refractivity contribution in [1.29, 1.82) is 0 Å². The standard InChI is InChI=1S/C13H22N6O2/c1-13(2,3)21-12(20)19(10-4-5-15-8-10)18-11-16-6-9(14)7-17-11/h6-7,10,15H,4-5,8,14H2,1-3H3,(H,16,17,18). The van der Waals surface area contributed by atoms with Gasteiger partial charge in [-0.05, 0) is 33.7 Å². The molecule has 1 saturated heterocycles. The maximum atomic E-state index is 12.4. The van der Waals surface area contributed by atoms with Crippen LogP contribution in [0.3, 0.4) is 0 Å². The summed E-state index contributed by atoms with van der Waals surface area (Å²) in [6.07, 6.45) is 3.35. The van der Waals surface area contributed by atoms with Crippen LogP contribution in [0.5, 0.6) is 0 Å². The van der Waals surface area contributed by atoms with E-state index in [0.29, 0.717) is 18.2 Å². The number of nitrogens with one attached hydrogen (secondary N) is 2. The van der Waals surface area contributed by atoms with Crippen LogP contribution in [0.4, 0.5) is 16.4 Å². The first-order chi connectivity index (χ1) is 9.85. The molecule has 1 aromatic rings. The van der Waals surface area contributed by atoms with E-state index in [0.717, 1.165) is 13.0 Å². The molecule has 8 nitrogen and oxygen atoms in total. The third kappa shape index (κ3) is 4.45. The van der Waals surface area contributed by atoms with Gasteiger partial charge >= 0.3 is 6.09 Å². The molecular weight excluding hydrogens is 272 g/mol. The molecule has 21 heavy (non-hydrogen) atoms. The fourth-order valence-corrected chi connectivity index (χ4v) is 1.96. The zero-order valence-electron chi connectivity index (χ0n) is 12.6. The number of carbonyl (C=O) groups excluding carboxylic acids is 1. The van der Waals surface area contributed by atoms with Crippen LogP contribution in [-0.4, -0.2) is 45.8 Å². The van der Waals surface area contributed by atoms with Gasteiger partial charge in [-0.3, -0.25) is 5.43 Å². The van der Waals surface area contributed by atoms with Gasteiger partial charge in [-0.15, -0.1) is 0 Å². The van der Waals surface area contributed by atoms with Crippen LogP contribution in [-0.2, 0) is 4.74 Å². The highest BCUT2D eigenvalue weighted by Gasteiger charge is 2.31. The van der Waals surface area contributed by atoms with E-state index < -0.39 is 11.7 Å². The van der Waals surface area contributed by atoms with Crippen LogP contribution in [0.2, 0.25) is 0 Å². The molecular formula is C13H22N6O2. The van der Waals surface area contributed by atoms with Gasteiger partial charge in [-0.1, -0.05) is 0 Å². The molecule has 0 spiro atoms. The van der Waals surface area contributed by atoms with Crippen molar-refractivity contribution in [2.75, 3.05) is 24.2 Å². The zero-order chi connectivity index (χ0) is 15.5. The van der Waals surface area contributed by atoms with Crippen LogP contribution in [0, 0.1) is 0 Å². The van der Waals surface area contributed by atoms with Crippen molar-refractivity contribution in [1.82, 2.24) is 20.3 Å². The number of nitrogens with two attached hydrogens (primary N) is 1. The summed E-state index contributed by atoms with van der Waals surface area (Å²) in [7, 11) is 0. The van der Waals surface area contributed by atoms with Crippen LogP contribution in [0.1, 0.15) is 27.2 Å². The summed E-state index contributed by atoms with van der Waals surface area (Å²) in [5.41, 5.74) is 8.37. The SMILES string of the molecule is CC(C)(C)OC(=O)N(Nc1ncc(N)cn1)C1CCNC1. The number of rotatable bonds is 3. The van der Waals surface area contributed by atoms with Gasteiger partial charge in [-0.2, -0.15) is 0 Å². The number of hydrogen-bond donors (Lipinski definition) is 3. The lowest BCUT2D eigenvalue weighted by Gasteiger charge is -2.31. The van der Waals surface area contributed by atoms with Gasteiger partial charge in [0.2, 0.25) is 5.95 Å². The molecule has 2 rings (SSSR count). The van der Waals surface area contributed by atoms with Gasteiger partial charge in [0.1, 0.15) is 5.60 Å². The quantitative estimate of drug-likeness (QED) is 0.714. The summed E-state index contributed by atoms with van der Waals surface area (Å²) in [5.74, 6) is 0.307. The number of nitrogen functional groups attached to an aromatic ring is 1. The average Bonchev–Trinajstić information content (AvgIpc) is 2.89. The second-order valence-corrected chi connectivity index (χ2v) is 5.95. The predicted octanol–water partition coefficient (Wildman–Crippen LogP) is 0.985. The molecule has 4 N–H and O–H groups in total. The van der Waals surface area contributed by atoms with Gasteiger partial charge in [0.05, 0.1) is 24.1 Å². The lowest BCUT2D eigenvalue weighted by atomic mass is 10.2. The molecule has 116 valence electrons. The number of amides is 1. The molecule has 1 fully saturated rings. The third-order valence-electron chi connectivity index (χ3n) is 2.88. The molecule has 1 aliphatic rings. The minimum absolute atomic E-state index is 0.0130. The van der Waals surface area contributed by atoms with E-state index in [1.807, 2.05) is 20.8 Å². The molecule has 0 saturated carbocycles. The van der Waals surface area contributed by atoms with E-state index >= 15 is 0 Å². The third-order valence-corrected chi connectivity index (χ3v) is 2.88. The smallest absolute Gasteiger partial charge is 0.429 e. The minimum Gasteiger partial charge on any atom is -0.442 e. The number of hydrogen-bond acceptors (Lipinski definition) is 7. The van der Waals surface area contributed by atoms with Crippen molar-refractivity contribution in [3.63, 3.8) is 0 Å². The summed E-state index contributed by atoms with van der Waals surface area (Å²) in [6.45, 7) is 7.04. The van der Waals surface area contributed by atoms with E-state index in [1.165, 1.54) is 17.4 Å². The molecule has 1 amide bonds. The Morgan fingerprint density at radius 2 is 2.14 bits per heavy atom. The summed E-state index contributed by atoms with van der Waals surface area (Å²) >= 11 is 0. The molecule has 8 heteroatoms. The Morgan fingerprint density at radius 3 is 2.67 bits per heavy atom. The van der Waals surface area contributed by atoms with Crippen LogP contribution >= 0.6 is 0 Å².